The average Bonchev–Trinajstić information content (AvgIpc) is 2.86. The van der Waals surface area contributed by atoms with Crippen molar-refractivity contribution in [3.63, 3.8) is 0 Å². The van der Waals surface area contributed by atoms with Gasteiger partial charge in [-0.05, 0) is 17.2 Å². The molecule has 0 saturated carbocycles. The summed E-state index contributed by atoms with van der Waals surface area (Å²) in [5, 5.41) is 11.0. The lowest BCUT2D eigenvalue weighted by Gasteiger charge is -2.29. The molecule has 0 aliphatic carbocycles. The first-order chi connectivity index (χ1) is 12.7. The molecule has 1 aliphatic rings. The van der Waals surface area contributed by atoms with Gasteiger partial charge in [0.2, 0.25) is 0 Å². The number of nitrogens with zero attached hydrogens (tertiary/aromatic N) is 1. The van der Waals surface area contributed by atoms with Crippen LogP contribution in [0, 0.1) is 5.41 Å². The van der Waals surface area contributed by atoms with Crippen molar-refractivity contribution in [1.82, 2.24) is 4.90 Å². The molecule has 0 aromatic heterocycles. The van der Waals surface area contributed by atoms with E-state index < -0.39 is 23.1 Å². The van der Waals surface area contributed by atoms with Gasteiger partial charge in [0.25, 0.3) is 5.91 Å². The highest BCUT2D eigenvalue weighted by molar-refractivity contribution is 6.31. The number of carbonyl (C=O) groups excluding carboxylic acids is 2. The van der Waals surface area contributed by atoms with Crippen LogP contribution in [0.3, 0.4) is 0 Å². The van der Waals surface area contributed by atoms with E-state index >= 15 is 0 Å². The molecular weight excluding hydrogens is 362 g/mol. The molecule has 1 N–H and O–H groups in total. The zero-order valence-corrected chi connectivity index (χ0v) is 16.3. The van der Waals surface area contributed by atoms with Crippen LogP contribution < -0.4 is 0 Å². The summed E-state index contributed by atoms with van der Waals surface area (Å²) in [4.78, 5) is 27.5. The maximum atomic E-state index is 13.1. The Balaban J connectivity index is 2.13. The van der Waals surface area contributed by atoms with E-state index in [4.69, 9.17) is 11.6 Å². The molecule has 2 aromatic carbocycles. The number of ketones is 1. The maximum absolute atomic E-state index is 13.1. The van der Waals surface area contributed by atoms with Crippen LogP contribution in [0.1, 0.15) is 37.9 Å². The van der Waals surface area contributed by atoms with E-state index in [1.807, 2.05) is 30.3 Å². The van der Waals surface area contributed by atoms with Crippen molar-refractivity contribution in [2.75, 3.05) is 0 Å². The zero-order valence-electron chi connectivity index (χ0n) is 15.6. The standard InChI is InChI=1S/C22H22ClNO3/c1-22(2,3)20(26)17-18(15-11-7-8-12-16(15)23)24(21(27)19(17)25)13-14-9-5-4-6-10-14/h4-12,18,25H,13H2,1-3H3/t18-/m1/s1. The van der Waals surface area contributed by atoms with Gasteiger partial charge in [0, 0.05) is 17.0 Å². The van der Waals surface area contributed by atoms with Crippen LogP contribution in [-0.2, 0) is 16.1 Å². The summed E-state index contributed by atoms with van der Waals surface area (Å²) < 4.78 is 0. The quantitative estimate of drug-likeness (QED) is 0.820. The first kappa shape index (κ1) is 19.2. The lowest BCUT2D eigenvalue weighted by Crippen LogP contribution is -2.32. The first-order valence-corrected chi connectivity index (χ1v) is 9.17. The van der Waals surface area contributed by atoms with E-state index in [1.165, 1.54) is 4.90 Å². The highest BCUT2D eigenvalue weighted by Crippen LogP contribution is 2.43. The van der Waals surface area contributed by atoms with Crippen LogP contribution in [0.15, 0.2) is 65.9 Å². The molecule has 5 heteroatoms. The third-order valence-corrected chi connectivity index (χ3v) is 4.97. The fourth-order valence-corrected chi connectivity index (χ4v) is 3.49. The lowest BCUT2D eigenvalue weighted by atomic mass is 9.82. The molecule has 3 rings (SSSR count). The van der Waals surface area contributed by atoms with Crippen molar-refractivity contribution in [3.8, 4) is 0 Å². The molecule has 0 radical (unpaired) electrons. The van der Waals surface area contributed by atoms with Gasteiger partial charge in [0.15, 0.2) is 11.5 Å². The first-order valence-electron chi connectivity index (χ1n) is 8.79. The van der Waals surface area contributed by atoms with Gasteiger partial charge in [-0.3, -0.25) is 9.59 Å². The highest BCUT2D eigenvalue weighted by Gasteiger charge is 2.46. The van der Waals surface area contributed by atoms with Crippen molar-refractivity contribution < 1.29 is 14.7 Å². The van der Waals surface area contributed by atoms with E-state index in [-0.39, 0.29) is 17.9 Å². The van der Waals surface area contributed by atoms with Crippen molar-refractivity contribution in [1.29, 1.82) is 0 Å². The molecule has 4 nitrogen and oxygen atoms in total. The monoisotopic (exact) mass is 383 g/mol. The molecule has 0 saturated heterocycles. The Labute approximate surface area is 164 Å². The number of benzene rings is 2. The van der Waals surface area contributed by atoms with Crippen LogP contribution in [0.25, 0.3) is 0 Å². The molecule has 27 heavy (non-hydrogen) atoms. The van der Waals surface area contributed by atoms with Gasteiger partial charge >= 0.3 is 0 Å². The smallest absolute Gasteiger partial charge is 0.290 e. The Morgan fingerprint density at radius 2 is 1.67 bits per heavy atom. The van der Waals surface area contributed by atoms with Gasteiger partial charge in [-0.2, -0.15) is 0 Å². The third kappa shape index (κ3) is 3.62. The number of Topliss-reactive ketones (excluding diaryl/α,β-unsaturated/α-hetero) is 1. The van der Waals surface area contributed by atoms with E-state index in [2.05, 4.69) is 0 Å². The van der Waals surface area contributed by atoms with Crippen LogP contribution in [0.5, 0.6) is 0 Å². The van der Waals surface area contributed by atoms with E-state index in [0.717, 1.165) is 5.56 Å². The van der Waals surface area contributed by atoms with Gasteiger partial charge in [0.1, 0.15) is 0 Å². The molecule has 1 heterocycles. The number of aliphatic hydroxyl groups excluding tert-OH is 1. The fourth-order valence-electron chi connectivity index (χ4n) is 3.25. The van der Waals surface area contributed by atoms with Gasteiger partial charge in [-0.1, -0.05) is 80.9 Å². The number of rotatable bonds is 4. The molecule has 1 atom stereocenters. The molecule has 0 bridgehead atoms. The Morgan fingerprint density at radius 1 is 1.07 bits per heavy atom. The Bertz CT molecular complexity index is 913. The minimum Gasteiger partial charge on any atom is -0.503 e. The summed E-state index contributed by atoms with van der Waals surface area (Å²) >= 11 is 6.40. The number of halogens is 1. The van der Waals surface area contributed by atoms with E-state index in [1.54, 1.807) is 45.0 Å². The second-order valence-electron chi connectivity index (χ2n) is 7.68. The highest BCUT2D eigenvalue weighted by atomic mass is 35.5. The molecule has 1 aliphatic heterocycles. The second-order valence-corrected chi connectivity index (χ2v) is 8.09. The predicted octanol–water partition coefficient (Wildman–Crippen LogP) is 4.85. The Hall–Kier alpha value is -2.59. The zero-order chi connectivity index (χ0) is 19.8. The molecular formula is C22H22ClNO3. The fraction of sp³-hybridized carbons (Fsp3) is 0.273. The van der Waals surface area contributed by atoms with E-state index in [9.17, 15) is 14.7 Å². The lowest BCUT2D eigenvalue weighted by molar-refractivity contribution is -0.130. The Morgan fingerprint density at radius 3 is 2.26 bits per heavy atom. The van der Waals surface area contributed by atoms with Crippen molar-refractivity contribution in [2.24, 2.45) is 5.41 Å². The summed E-state index contributed by atoms with van der Waals surface area (Å²) in [6.45, 7) is 5.57. The molecule has 0 spiro atoms. The summed E-state index contributed by atoms with van der Waals surface area (Å²) in [7, 11) is 0. The molecule has 2 aromatic rings. The van der Waals surface area contributed by atoms with Gasteiger partial charge in [-0.15, -0.1) is 0 Å². The number of amides is 1. The number of carbonyl (C=O) groups is 2. The summed E-state index contributed by atoms with van der Waals surface area (Å²) in [5.41, 5.74) is 0.892. The minimum atomic E-state index is -0.744. The largest absolute Gasteiger partial charge is 0.503 e. The van der Waals surface area contributed by atoms with Gasteiger partial charge in [0.05, 0.1) is 11.6 Å². The third-order valence-electron chi connectivity index (χ3n) is 4.63. The van der Waals surface area contributed by atoms with Gasteiger partial charge < -0.3 is 10.0 Å². The SMILES string of the molecule is CC(C)(C)C(=O)C1=C(O)C(=O)N(Cc2ccccc2)[C@@H]1c1ccccc1Cl. The van der Waals surface area contributed by atoms with Crippen LogP contribution >= 0.6 is 11.6 Å². The van der Waals surface area contributed by atoms with Crippen molar-refractivity contribution >= 4 is 23.3 Å². The van der Waals surface area contributed by atoms with Crippen molar-refractivity contribution in [2.45, 2.75) is 33.4 Å². The van der Waals surface area contributed by atoms with Gasteiger partial charge in [-0.25, -0.2) is 0 Å². The topological polar surface area (TPSA) is 57.6 Å². The van der Waals surface area contributed by atoms with Crippen molar-refractivity contribution in [3.05, 3.63) is 82.1 Å². The second kappa shape index (κ2) is 7.20. The average molecular weight is 384 g/mol. The Kier molecular flexibility index (Phi) is 5.11. The van der Waals surface area contributed by atoms with Crippen LogP contribution in [0.2, 0.25) is 5.02 Å². The molecule has 0 unspecified atom stereocenters. The number of hydrogen-bond acceptors (Lipinski definition) is 3. The van der Waals surface area contributed by atoms with E-state index in [0.29, 0.717) is 10.6 Å². The maximum Gasteiger partial charge on any atom is 0.290 e. The summed E-state index contributed by atoms with van der Waals surface area (Å²) in [5.74, 6) is -1.32. The van der Waals surface area contributed by atoms with Crippen LogP contribution in [-0.4, -0.2) is 21.7 Å². The normalized spacial score (nSPS) is 17.6. The summed E-state index contributed by atoms with van der Waals surface area (Å²) in [6, 6.07) is 15.8. The van der Waals surface area contributed by atoms with Crippen LogP contribution in [0.4, 0.5) is 0 Å². The summed E-state index contributed by atoms with van der Waals surface area (Å²) in [6.07, 6.45) is 0. The predicted molar refractivity (Wildman–Crippen MR) is 105 cm³/mol. The number of aliphatic hydroxyl groups is 1. The minimum absolute atomic E-state index is 0.108. The number of hydrogen-bond donors (Lipinski definition) is 1. The molecule has 0 fully saturated rings. The molecule has 1 amide bonds. The molecule has 140 valence electrons.